The van der Waals surface area contributed by atoms with Gasteiger partial charge in [-0.15, -0.1) is 0 Å². The molecule has 1 amide bonds. The zero-order chi connectivity index (χ0) is 20.6. The molecule has 0 aliphatic rings. The Morgan fingerprint density at radius 2 is 1.52 bits per heavy atom. The number of methoxy groups -OCH3 is 1. The van der Waals surface area contributed by atoms with Crippen molar-refractivity contribution >= 4 is 17.8 Å². The molecule has 0 radical (unpaired) electrons. The number of amides is 1. The number of benzene rings is 3. The SMILES string of the molecule is COc1ccc(C(=O)C=Cc2ccc(C(=O)NCc3ccc(O)cc3)cc2)cc1. The van der Waals surface area contributed by atoms with Crippen molar-refractivity contribution in [1.82, 2.24) is 5.32 Å². The summed E-state index contributed by atoms with van der Waals surface area (Å²) in [5, 5.41) is 12.1. The molecule has 146 valence electrons. The number of phenolic OH excluding ortho intramolecular Hbond substituents is 1. The maximum absolute atomic E-state index is 12.3. The van der Waals surface area contributed by atoms with Crippen LogP contribution in [-0.4, -0.2) is 23.9 Å². The predicted molar refractivity (Wildman–Crippen MR) is 112 cm³/mol. The van der Waals surface area contributed by atoms with Gasteiger partial charge in [-0.3, -0.25) is 9.59 Å². The number of hydrogen-bond donors (Lipinski definition) is 2. The lowest BCUT2D eigenvalue weighted by atomic mass is 10.1. The van der Waals surface area contributed by atoms with Crippen molar-refractivity contribution in [3.8, 4) is 11.5 Å². The van der Waals surface area contributed by atoms with Gasteiger partial charge in [0.2, 0.25) is 0 Å². The van der Waals surface area contributed by atoms with Crippen LogP contribution >= 0.6 is 0 Å². The molecule has 0 saturated heterocycles. The molecular weight excluding hydrogens is 366 g/mol. The van der Waals surface area contributed by atoms with Gasteiger partial charge in [0.1, 0.15) is 11.5 Å². The molecule has 3 aromatic carbocycles. The van der Waals surface area contributed by atoms with E-state index in [-0.39, 0.29) is 17.4 Å². The van der Waals surface area contributed by atoms with Crippen molar-refractivity contribution in [2.24, 2.45) is 0 Å². The summed E-state index contributed by atoms with van der Waals surface area (Å²) in [6.45, 7) is 0.372. The van der Waals surface area contributed by atoms with E-state index < -0.39 is 0 Å². The van der Waals surface area contributed by atoms with Crippen molar-refractivity contribution < 1.29 is 19.4 Å². The van der Waals surface area contributed by atoms with E-state index in [0.717, 1.165) is 11.1 Å². The van der Waals surface area contributed by atoms with Gasteiger partial charge < -0.3 is 15.2 Å². The number of phenols is 1. The predicted octanol–water partition coefficient (Wildman–Crippen LogP) is 4.23. The molecule has 3 aromatic rings. The van der Waals surface area contributed by atoms with Crippen LogP contribution in [0.5, 0.6) is 11.5 Å². The Morgan fingerprint density at radius 1 is 0.897 bits per heavy atom. The Balaban J connectivity index is 1.57. The van der Waals surface area contributed by atoms with Crippen LogP contribution in [0.2, 0.25) is 0 Å². The number of carbonyl (C=O) groups is 2. The lowest BCUT2D eigenvalue weighted by Gasteiger charge is -2.06. The molecular formula is C24H21NO4. The van der Waals surface area contributed by atoms with Gasteiger partial charge >= 0.3 is 0 Å². The monoisotopic (exact) mass is 387 g/mol. The standard InChI is InChI=1S/C24H21NO4/c1-29-22-13-9-19(10-14-22)23(27)15-6-17-2-7-20(8-3-17)24(28)25-16-18-4-11-21(26)12-5-18/h2-15,26H,16H2,1H3,(H,25,28). The highest BCUT2D eigenvalue weighted by Gasteiger charge is 2.06. The van der Waals surface area contributed by atoms with Crippen LogP contribution < -0.4 is 10.1 Å². The van der Waals surface area contributed by atoms with Crippen LogP contribution in [0.1, 0.15) is 31.8 Å². The summed E-state index contributed by atoms with van der Waals surface area (Å²) < 4.78 is 5.08. The van der Waals surface area contributed by atoms with Crippen molar-refractivity contribution in [3.63, 3.8) is 0 Å². The van der Waals surface area contributed by atoms with Gasteiger partial charge in [-0.05, 0) is 65.7 Å². The van der Waals surface area contributed by atoms with Crippen LogP contribution in [0, 0.1) is 0 Å². The number of ketones is 1. The fraction of sp³-hybridized carbons (Fsp3) is 0.0833. The fourth-order valence-corrected chi connectivity index (χ4v) is 2.67. The summed E-state index contributed by atoms with van der Waals surface area (Å²) in [6.07, 6.45) is 3.21. The van der Waals surface area contributed by atoms with Gasteiger partial charge in [0.25, 0.3) is 5.91 Å². The first-order valence-electron chi connectivity index (χ1n) is 9.08. The van der Waals surface area contributed by atoms with Gasteiger partial charge in [0.05, 0.1) is 7.11 Å². The largest absolute Gasteiger partial charge is 0.508 e. The van der Waals surface area contributed by atoms with Gasteiger partial charge in [-0.25, -0.2) is 0 Å². The second-order valence-electron chi connectivity index (χ2n) is 6.40. The van der Waals surface area contributed by atoms with Crippen LogP contribution in [0.15, 0.2) is 78.9 Å². The number of carbonyl (C=O) groups excluding carboxylic acids is 2. The molecule has 5 nitrogen and oxygen atoms in total. The van der Waals surface area contributed by atoms with Crippen LogP contribution in [0.3, 0.4) is 0 Å². The van der Waals surface area contributed by atoms with Crippen LogP contribution in [0.25, 0.3) is 6.08 Å². The minimum atomic E-state index is -0.192. The number of ether oxygens (including phenoxy) is 1. The molecule has 5 heteroatoms. The number of allylic oxidation sites excluding steroid dienone is 1. The molecule has 0 aliphatic heterocycles. The highest BCUT2D eigenvalue weighted by molar-refractivity contribution is 6.06. The van der Waals surface area contributed by atoms with E-state index in [1.54, 1.807) is 86.0 Å². The maximum Gasteiger partial charge on any atom is 0.251 e. The normalized spacial score (nSPS) is 10.7. The first-order chi connectivity index (χ1) is 14.0. The van der Waals surface area contributed by atoms with E-state index in [1.807, 2.05) is 0 Å². The maximum atomic E-state index is 12.3. The third kappa shape index (κ3) is 5.56. The first kappa shape index (κ1) is 19.9. The highest BCUT2D eigenvalue weighted by atomic mass is 16.5. The Morgan fingerprint density at radius 3 is 2.14 bits per heavy atom. The topological polar surface area (TPSA) is 75.6 Å². The quantitative estimate of drug-likeness (QED) is 0.470. The molecule has 2 N–H and O–H groups in total. The fourth-order valence-electron chi connectivity index (χ4n) is 2.67. The molecule has 0 fully saturated rings. The lowest BCUT2D eigenvalue weighted by Crippen LogP contribution is -2.22. The Hall–Kier alpha value is -3.86. The van der Waals surface area contributed by atoms with Crippen LogP contribution in [-0.2, 0) is 6.54 Å². The van der Waals surface area contributed by atoms with Gasteiger partial charge in [0.15, 0.2) is 5.78 Å². The Kier molecular flexibility index (Phi) is 6.43. The number of aromatic hydroxyl groups is 1. The summed E-state index contributed by atoms with van der Waals surface area (Å²) in [4.78, 5) is 24.5. The second kappa shape index (κ2) is 9.37. The Labute approximate surface area is 169 Å². The van der Waals surface area contributed by atoms with Crippen molar-refractivity contribution in [2.75, 3.05) is 7.11 Å². The minimum absolute atomic E-state index is 0.108. The molecule has 0 saturated carbocycles. The van der Waals surface area contributed by atoms with Gasteiger partial charge in [0, 0.05) is 17.7 Å². The molecule has 29 heavy (non-hydrogen) atoms. The molecule has 0 unspecified atom stereocenters. The number of rotatable bonds is 7. The molecule has 3 rings (SSSR count). The van der Waals surface area contributed by atoms with Crippen molar-refractivity contribution in [2.45, 2.75) is 6.54 Å². The molecule has 0 spiro atoms. The second-order valence-corrected chi connectivity index (χ2v) is 6.40. The summed E-state index contributed by atoms with van der Waals surface area (Å²) in [5.41, 5.74) is 2.82. The smallest absolute Gasteiger partial charge is 0.251 e. The molecule has 0 aliphatic carbocycles. The zero-order valence-electron chi connectivity index (χ0n) is 16.0. The summed E-state index contributed by atoms with van der Waals surface area (Å²) in [5.74, 6) is 0.588. The van der Waals surface area contributed by atoms with E-state index in [2.05, 4.69) is 5.32 Å². The summed E-state index contributed by atoms with van der Waals surface area (Å²) in [6, 6.07) is 20.6. The third-order valence-corrected chi connectivity index (χ3v) is 4.36. The van der Waals surface area contributed by atoms with E-state index >= 15 is 0 Å². The van der Waals surface area contributed by atoms with Crippen LogP contribution in [0.4, 0.5) is 0 Å². The average Bonchev–Trinajstić information content (AvgIpc) is 2.77. The van der Waals surface area contributed by atoms with E-state index in [4.69, 9.17) is 4.74 Å². The number of hydrogen-bond acceptors (Lipinski definition) is 4. The van der Waals surface area contributed by atoms with Gasteiger partial charge in [-0.1, -0.05) is 30.3 Å². The third-order valence-electron chi connectivity index (χ3n) is 4.36. The highest BCUT2D eigenvalue weighted by Crippen LogP contribution is 2.13. The van der Waals surface area contributed by atoms with Crippen molar-refractivity contribution in [1.29, 1.82) is 0 Å². The van der Waals surface area contributed by atoms with Crippen molar-refractivity contribution in [3.05, 3.63) is 101 Å². The van der Waals surface area contributed by atoms with Gasteiger partial charge in [-0.2, -0.15) is 0 Å². The Bertz CT molecular complexity index is 1000. The lowest BCUT2D eigenvalue weighted by molar-refractivity contribution is 0.0950. The average molecular weight is 387 g/mol. The van der Waals surface area contributed by atoms with E-state index in [0.29, 0.717) is 23.4 Å². The summed E-state index contributed by atoms with van der Waals surface area (Å²) in [7, 11) is 1.58. The minimum Gasteiger partial charge on any atom is -0.508 e. The zero-order valence-corrected chi connectivity index (χ0v) is 16.0. The molecule has 0 heterocycles. The van der Waals surface area contributed by atoms with E-state index in [1.165, 1.54) is 6.08 Å². The molecule has 0 bridgehead atoms. The molecule has 0 atom stereocenters. The molecule has 0 aromatic heterocycles. The first-order valence-corrected chi connectivity index (χ1v) is 9.08. The summed E-state index contributed by atoms with van der Waals surface area (Å²) >= 11 is 0. The van der Waals surface area contributed by atoms with E-state index in [9.17, 15) is 14.7 Å². The number of nitrogens with one attached hydrogen (secondary N) is 1.